The van der Waals surface area contributed by atoms with Crippen LogP contribution in [-0.2, 0) is 14.3 Å². The fourth-order valence-electron chi connectivity index (χ4n) is 2.36. The van der Waals surface area contributed by atoms with E-state index in [9.17, 15) is 14.7 Å². The van der Waals surface area contributed by atoms with Crippen molar-refractivity contribution in [2.45, 2.75) is 18.9 Å². The summed E-state index contributed by atoms with van der Waals surface area (Å²) >= 11 is 7.19. The van der Waals surface area contributed by atoms with E-state index in [1.165, 1.54) is 6.07 Å². The molecule has 0 bridgehead atoms. The molecule has 0 saturated carbocycles. The number of esters is 1. The van der Waals surface area contributed by atoms with Gasteiger partial charge in [0.1, 0.15) is 11.9 Å². The maximum absolute atomic E-state index is 12.3. The zero-order valence-corrected chi connectivity index (χ0v) is 16.9. The molecule has 2 rings (SSSR count). The zero-order valence-electron chi connectivity index (χ0n) is 14.4. The van der Waals surface area contributed by atoms with Crippen LogP contribution in [-0.4, -0.2) is 29.5 Å². The number of para-hydroxylation sites is 1. The zero-order chi connectivity index (χ0) is 19.6. The van der Waals surface area contributed by atoms with Gasteiger partial charge in [0, 0.05) is 15.7 Å². The predicted molar refractivity (Wildman–Crippen MR) is 109 cm³/mol. The Morgan fingerprint density at radius 2 is 1.93 bits per heavy atom. The van der Waals surface area contributed by atoms with Crippen molar-refractivity contribution in [3.05, 3.63) is 58.6 Å². The van der Waals surface area contributed by atoms with Crippen molar-refractivity contribution in [2.75, 3.05) is 17.7 Å². The summed E-state index contributed by atoms with van der Waals surface area (Å²) < 4.78 is 11.3. The van der Waals surface area contributed by atoms with Crippen LogP contribution in [0.4, 0.5) is 10.5 Å². The second-order valence-corrected chi connectivity index (χ2v) is 6.84. The van der Waals surface area contributed by atoms with E-state index in [1.54, 1.807) is 36.4 Å². The van der Waals surface area contributed by atoms with Gasteiger partial charge in [0.25, 0.3) is 0 Å². The molecule has 1 amide bonds. The summed E-state index contributed by atoms with van der Waals surface area (Å²) in [5.41, 5.74) is 1.07. The number of carbonyl (C=O) groups excluding carboxylic acids is 2. The van der Waals surface area contributed by atoms with E-state index in [1.807, 2.05) is 6.07 Å². The first-order valence-electron chi connectivity index (χ1n) is 8.27. The van der Waals surface area contributed by atoms with Gasteiger partial charge in [-0.15, -0.1) is 0 Å². The lowest BCUT2D eigenvalue weighted by molar-refractivity contribution is -0.140. The molecule has 27 heavy (non-hydrogen) atoms. The van der Waals surface area contributed by atoms with E-state index >= 15 is 0 Å². The van der Waals surface area contributed by atoms with Gasteiger partial charge in [0.2, 0.25) is 0 Å². The van der Waals surface area contributed by atoms with Gasteiger partial charge in [-0.1, -0.05) is 34.1 Å². The average Bonchev–Trinajstić information content (AvgIpc) is 2.66. The predicted octanol–water partition coefficient (Wildman–Crippen LogP) is 4.70. The van der Waals surface area contributed by atoms with Crippen molar-refractivity contribution in [1.29, 1.82) is 0 Å². The van der Waals surface area contributed by atoms with E-state index < -0.39 is 18.2 Å². The molecule has 1 atom stereocenters. The molecule has 0 radical (unpaired) electrons. The lowest BCUT2D eigenvalue weighted by Gasteiger charge is -2.20. The number of amides is 1. The molecule has 0 saturated heterocycles. The fourth-order valence-corrected chi connectivity index (χ4v) is 2.83. The van der Waals surface area contributed by atoms with Crippen LogP contribution in [0.15, 0.2) is 53.0 Å². The number of phenolic OH excluding ortho intramolecular Hbond substituents is 1. The Kier molecular flexibility index (Phi) is 8.47. The third-order valence-corrected chi connectivity index (χ3v) is 4.36. The molecule has 0 fully saturated rings. The average molecular weight is 454 g/mol. The van der Waals surface area contributed by atoms with Crippen molar-refractivity contribution in [1.82, 2.24) is 0 Å². The Morgan fingerprint density at radius 1 is 1.19 bits per heavy atom. The van der Waals surface area contributed by atoms with Gasteiger partial charge in [-0.25, -0.2) is 4.79 Å². The molecule has 0 heterocycles. The molecular formula is C19H20BrNO5S. The summed E-state index contributed by atoms with van der Waals surface area (Å²) in [6.45, 7) is 0.175. The summed E-state index contributed by atoms with van der Waals surface area (Å²) in [5.74, 6) is -0.391. The minimum Gasteiger partial charge on any atom is -0.508 e. The van der Waals surface area contributed by atoms with Crippen LogP contribution in [0.25, 0.3) is 0 Å². The molecule has 2 aromatic rings. The molecule has 0 spiro atoms. The maximum atomic E-state index is 12.3. The number of aromatic hydroxyl groups is 1. The molecule has 0 unspecified atom stereocenters. The van der Waals surface area contributed by atoms with E-state index in [0.717, 1.165) is 4.47 Å². The number of carbonyl (C=O) groups is 2. The van der Waals surface area contributed by atoms with E-state index in [-0.39, 0.29) is 18.1 Å². The highest BCUT2D eigenvalue weighted by molar-refractivity contribution is 9.10. The molecule has 0 aliphatic carbocycles. The Balaban J connectivity index is 2.05. The molecule has 2 aromatic carbocycles. The number of hydrogen-bond donors (Lipinski definition) is 3. The number of rotatable bonds is 8. The Bertz CT molecular complexity index is 772. The molecule has 0 aliphatic rings. The van der Waals surface area contributed by atoms with Gasteiger partial charge in [0.15, 0.2) is 0 Å². The van der Waals surface area contributed by atoms with Crippen LogP contribution in [0, 0.1) is 0 Å². The van der Waals surface area contributed by atoms with Crippen LogP contribution in [0.5, 0.6) is 5.75 Å². The summed E-state index contributed by atoms with van der Waals surface area (Å²) in [6.07, 6.45) is -0.528. The van der Waals surface area contributed by atoms with Crippen molar-refractivity contribution in [2.24, 2.45) is 0 Å². The first-order chi connectivity index (χ1) is 13.0. The second kappa shape index (κ2) is 10.8. The van der Waals surface area contributed by atoms with Crippen LogP contribution >= 0.6 is 28.6 Å². The third kappa shape index (κ3) is 7.15. The molecule has 8 heteroatoms. The largest absolute Gasteiger partial charge is 0.508 e. The van der Waals surface area contributed by atoms with E-state index in [4.69, 9.17) is 9.47 Å². The van der Waals surface area contributed by atoms with Gasteiger partial charge in [-0.2, -0.15) is 12.6 Å². The minimum atomic E-state index is -0.707. The molecule has 2 N–H and O–H groups in total. The highest BCUT2D eigenvalue weighted by Crippen LogP contribution is 2.33. The molecule has 0 aliphatic heterocycles. The monoisotopic (exact) mass is 453 g/mol. The number of ether oxygens (including phenoxy) is 2. The normalized spacial score (nSPS) is 11.5. The first-order valence-corrected chi connectivity index (χ1v) is 9.69. The first kappa shape index (κ1) is 21.1. The minimum absolute atomic E-state index is 0.00578. The highest BCUT2D eigenvalue weighted by atomic mass is 79.9. The quantitative estimate of drug-likeness (QED) is 0.306. The Labute approximate surface area is 171 Å². The van der Waals surface area contributed by atoms with Gasteiger partial charge in [-0.3, -0.25) is 10.1 Å². The van der Waals surface area contributed by atoms with Gasteiger partial charge >= 0.3 is 12.1 Å². The van der Waals surface area contributed by atoms with Crippen LogP contribution < -0.4 is 5.32 Å². The van der Waals surface area contributed by atoms with Crippen LogP contribution in [0.2, 0.25) is 0 Å². The maximum Gasteiger partial charge on any atom is 0.412 e. The number of thiol groups is 1. The lowest BCUT2D eigenvalue weighted by atomic mass is 10.0. The number of anilines is 1. The van der Waals surface area contributed by atoms with Gasteiger partial charge in [-0.05, 0) is 43.2 Å². The molecule has 144 valence electrons. The number of nitrogens with one attached hydrogen (secondary N) is 1. The highest BCUT2D eigenvalue weighted by Gasteiger charge is 2.21. The SMILES string of the molecule is O=C(CS)OCCC[C@H](OC(=O)Nc1ccccc1)c1cc(Br)ccc1O. The molecule has 0 aromatic heterocycles. The number of hydrogen-bond acceptors (Lipinski definition) is 6. The summed E-state index contributed by atoms with van der Waals surface area (Å²) in [4.78, 5) is 23.4. The number of phenols is 1. The lowest BCUT2D eigenvalue weighted by Crippen LogP contribution is -2.18. The van der Waals surface area contributed by atoms with Crippen molar-refractivity contribution in [3.8, 4) is 5.75 Å². The second-order valence-electron chi connectivity index (χ2n) is 5.61. The Morgan fingerprint density at radius 3 is 2.63 bits per heavy atom. The fraction of sp³-hybridized carbons (Fsp3) is 0.263. The van der Waals surface area contributed by atoms with Crippen molar-refractivity contribution < 1.29 is 24.2 Å². The van der Waals surface area contributed by atoms with Crippen LogP contribution in [0.1, 0.15) is 24.5 Å². The van der Waals surface area contributed by atoms with Crippen molar-refractivity contribution >= 4 is 46.3 Å². The standard InChI is InChI=1S/C19H20BrNO5S/c20-13-8-9-16(22)15(11-13)17(7-4-10-25-18(23)12-27)26-19(24)21-14-5-2-1-3-6-14/h1-3,5-6,8-9,11,17,22,27H,4,7,10,12H2,(H,21,24)/t17-/m0/s1. The van der Waals surface area contributed by atoms with Crippen LogP contribution in [0.3, 0.4) is 0 Å². The summed E-state index contributed by atoms with van der Waals surface area (Å²) in [5, 5.41) is 12.8. The topological polar surface area (TPSA) is 84.9 Å². The number of halogens is 1. The Hall–Kier alpha value is -2.19. The van der Waals surface area contributed by atoms with E-state index in [2.05, 4.69) is 33.9 Å². The molecule has 6 nitrogen and oxygen atoms in total. The van der Waals surface area contributed by atoms with Crippen molar-refractivity contribution in [3.63, 3.8) is 0 Å². The van der Waals surface area contributed by atoms with Gasteiger partial charge in [0.05, 0.1) is 12.4 Å². The smallest absolute Gasteiger partial charge is 0.412 e. The van der Waals surface area contributed by atoms with E-state index in [0.29, 0.717) is 24.1 Å². The number of benzene rings is 2. The third-order valence-electron chi connectivity index (χ3n) is 3.61. The molecular weight excluding hydrogens is 434 g/mol. The van der Waals surface area contributed by atoms with Gasteiger partial charge < -0.3 is 14.6 Å². The summed E-state index contributed by atoms with van der Waals surface area (Å²) in [7, 11) is 0. The summed E-state index contributed by atoms with van der Waals surface area (Å²) in [6, 6.07) is 13.8.